The lowest BCUT2D eigenvalue weighted by Crippen LogP contribution is -2.48. The van der Waals surface area contributed by atoms with Crippen LogP contribution in [0.3, 0.4) is 0 Å². The number of hydrogen-bond donors (Lipinski definition) is 4. The normalized spacial score (nSPS) is 11.5. The van der Waals surface area contributed by atoms with Gasteiger partial charge in [0.05, 0.1) is 44.7 Å². The fourth-order valence-electron chi connectivity index (χ4n) is 6.98. The summed E-state index contributed by atoms with van der Waals surface area (Å²) in [4.78, 5) is 65.8. The van der Waals surface area contributed by atoms with E-state index in [1.54, 1.807) is 71.8 Å². The number of rotatable bonds is 26. The molecule has 0 aliphatic rings. The number of fused-ring (bicyclic) bond motifs is 1. The van der Waals surface area contributed by atoms with E-state index in [1.165, 1.54) is 7.05 Å². The maximum Gasteiger partial charge on any atom is 0.274 e. The van der Waals surface area contributed by atoms with Crippen LogP contribution in [0.1, 0.15) is 41.4 Å². The number of carbonyl (C=O) groups excluding carboxylic acids is 4. The van der Waals surface area contributed by atoms with Crippen LogP contribution in [0, 0.1) is 6.92 Å². The lowest BCUT2D eigenvalue weighted by atomic mass is 10.0. The number of aromatic amines is 1. The van der Waals surface area contributed by atoms with E-state index in [0.717, 1.165) is 32.9 Å². The highest BCUT2D eigenvalue weighted by Crippen LogP contribution is 2.39. The smallest absolute Gasteiger partial charge is 0.274 e. The van der Waals surface area contributed by atoms with Crippen molar-refractivity contribution in [2.24, 2.45) is 7.05 Å². The van der Waals surface area contributed by atoms with Gasteiger partial charge in [-0.3, -0.25) is 24.1 Å². The third kappa shape index (κ3) is 12.4. The SMILES string of the molecule is CCSNc1ccc(Oc2cccc(OCc3cn(CCOCCOCCNc4cccc(C)c4C(=O)N(C=O)C(CCC=O)C(=O)NC)nn3)c2)c(-c2cn(C)c(=O)c3[nH]ccc23)c1. The lowest BCUT2D eigenvalue weighted by Gasteiger charge is -2.26. The summed E-state index contributed by atoms with van der Waals surface area (Å²) in [5.41, 5.74) is 4.96. The van der Waals surface area contributed by atoms with Crippen molar-refractivity contribution in [1.29, 1.82) is 0 Å². The van der Waals surface area contributed by atoms with Crippen LogP contribution in [0.4, 0.5) is 11.4 Å². The molecule has 0 radical (unpaired) electrons. The van der Waals surface area contributed by atoms with E-state index in [0.29, 0.717) is 91.9 Å². The Morgan fingerprint density at radius 2 is 1.77 bits per heavy atom. The Balaban J connectivity index is 0.943. The van der Waals surface area contributed by atoms with Crippen LogP contribution in [0.25, 0.3) is 22.0 Å². The number of imide groups is 1. The van der Waals surface area contributed by atoms with Gasteiger partial charge >= 0.3 is 0 Å². The molecule has 18 nitrogen and oxygen atoms in total. The summed E-state index contributed by atoms with van der Waals surface area (Å²) in [6.45, 7) is 6.18. The van der Waals surface area contributed by atoms with Crippen LogP contribution in [0.15, 0.2) is 90.1 Å². The van der Waals surface area contributed by atoms with Crippen molar-refractivity contribution in [3.05, 3.63) is 112 Å². The van der Waals surface area contributed by atoms with Gasteiger partial charge in [0.15, 0.2) is 0 Å². The summed E-state index contributed by atoms with van der Waals surface area (Å²) in [6.07, 6.45) is 6.37. The summed E-state index contributed by atoms with van der Waals surface area (Å²) < 4.78 is 30.6. The van der Waals surface area contributed by atoms with Gasteiger partial charge in [-0.15, -0.1) is 5.10 Å². The second kappa shape index (κ2) is 23.6. The van der Waals surface area contributed by atoms with E-state index >= 15 is 0 Å². The zero-order valence-corrected chi connectivity index (χ0v) is 37.5. The second-order valence-electron chi connectivity index (χ2n) is 14.7. The van der Waals surface area contributed by atoms with Crippen molar-refractivity contribution in [2.45, 2.75) is 45.9 Å². The lowest BCUT2D eigenvalue weighted by molar-refractivity contribution is -0.131. The van der Waals surface area contributed by atoms with Gasteiger partial charge in [-0.2, -0.15) is 0 Å². The Bertz CT molecular complexity index is 2630. The number of anilines is 2. The van der Waals surface area contributed by atoms with E-state index in [-0.39, 0.29) is 30.6 Å². The average Bonchev–Trinajstić information content (AvgIpc) is 4.00. The van der Waals surface area contributed by atoms with E-state index in [2.05, 4.69) is 37.6 Å². The number of aldehydes is 1. The molecular formula is C46H53N9O9S. The fourth-order valence-corrected chi connectivity index (χ4v) is 7.41. The van der Waals surface area contributed by atoms with Crippen molar-refractivity contribution in [3.63, 3.8) is 0 Å². The zero-order valence-electron chi connectivity index (χ0n) is 36.7. The number of ether oxygens (including phenoxy) is 4. The Morgan fingerprint density at radius 1 is 0.969 bits per heavy atom. The predicted octanol–water partition coefficient (Wildman–Crippen LogP) is 5.72. The van der Waals surface area contributed by atoms with Gasteiger partial charge in [-0.25, -0.2) is 4.68 Å². The molecule has 0 fully saturated rings. The molecule has 0 bridgehead atoms. The largest absolute Gasteiger partial charge is 0.487 e. The second-order valence-corrected chi connectivity index (χ2v) is 15.7. The van der Waals surface area contributed by atoms with E-state index in [9.17, 15) is 24.0 Å². The standard InChI is InChI=1S/C46H53N9O9S/c1-5-65-51-32-14-15-41(37(25-32)38-28-53(4)46(60)43-36(38)16-17-49-43)64-35-11-7-10-34(26-35)63-29-33-27-54(52-50-33)19-22-62-24-23-61-21-18-48-39-12-6-9-31(2)42(39)45(59)55(30-57)40(13-8-20-56)44(58)47-3/h6-7,9-12,14-17,20,25-28,30,40,48-49,51H,5,8,13,18-19,21-24,29H2,1-4H3,(H,47,58). The van der Waals surface area contributed by atoms with Gasteiger partial charge in [0.1, 0.15) is 47.4 Å². The number of benzene rings is 3. The van der Waals surface area contributed by atoms with Gasteiger partial charge in [0.25, 0.3) is 11.5 Å². The quantitative estimate of drug-likeness (QED) is 0.0291. The molecule has 0 aliphatic carbocycles. The molecule has 6 rings (SSSR count). The Hall–Kier alpha value is -6.96. The van der Waals surface area contributed by atoms with Crippen molar-refractivity contribution >= 4 is 58.7 Å². The first-order chi connectivity index (χ1) is 31.6. The number of likely N-dealkylation sites (N-methyl/N-ethyl adjacent to an activating group) is 1. The molecule has 0 saturated heterocycles. The number of aromatic nitrogens is 5. The minimum atomic E-state index is -1.13. The summed E-state index contributed by atoms with van der Waals surface area (Å²) in [7, 11) is 3.14. The van der Waals surface area contributed by atoms with Gasteiger partial charge in [0.2, 0.25) is 12.3 Å². The highest BCUT2D eigenvalue weighted by atomic mass is 32.2. The molecule has 3 amide bonds. The monoisotopic (exact) mass is 907 g/mol. The zero-order chi connectivity index (χ0) is 46.1. The van der Waals surface area contributed by atoms with E-state index in [4.69, 9.17) is 18.9 Å². The molecule has 342 valence electrons. The summed E-state index contributed by atoms with van der Waals surface area (Å²) >= 11 is 1.59. The number of carbonyl (C=O) groups is 4. The minimum Gasteiger partial charge on any atom is -0.487 e. The summed E-state index contributed by atoms with van der Waals surface area (Å²) in [5, 5.41) is 14.9. The Morgan fingerprint density at radius 3 is 2.55 bits per heavy atom. The molecule has 0 aliphatic heterocycles. The number of nitrogens with one attached hydrogen (secondary N) is 4. The molecule has 4 N–H and O–H groups in total. The molecule has 19 heteroatoms. The number of aryl methyl sites for hydroxylation is 2. The predicted molar refractivity (Wildman–Crippen MR) is 248 cm³/mol. The minimum absolute atomic E-state index is 0.0112. The van der Waals surface area contributed by atoms with Gasteiger partial charge in [0, 0.05) is 79.2 Å². The summed E-state index contributed by atoms with van der Waals surface area (Å²) in [5.74, 6) is 1.46. The number of H-pyrrole nitrogens is 1. The number of pyridine rings is 1. The number of hydrogen-bond acceptors (Lipinski definition) is 14. The molecule has 0 spiro atoms. The molecule has 3 heterocycles. The maximum absolute atomic E-state index is 13.6. The third-order valence-electron chi connectivity index (χ3n) is 10.2. The van der Waals surface area contributed by atoms with E-state index < -0.39 is 17.9 Å². The summed E-state index contributed by atoms with van der Waals surface area (Å²) in [6, 6.07) is 19.2. The molecule has 65 heavy (non-hydrogen) atoms. The van der Waals surface area contributed by atoms with Gasteiger partial charge in [-0.05, 0) is 61.4 Å². The van der Waals surface area contributed by atoms with Crippen LogP contribution in [-0.4, -0.2) is 106 Å². The molecule has 0 saturated carbocycles. The van der Waals surface area contributed by atoms with Gasteiger partial charge < -0.3 is 48.6 Å². The molecule has 1 atom stereocenters. The third-order valence-corrected chi connectivity index (χ3v) is 10.8. The molecule has 3 aromatic heterocycles. The van der Waals surface area contributed by atoms with Gasteiger partial charge in [-0.1, -0.05) is 42.3 Å². The molecule has 1 unspecified atom stereocenters. The highest BCUT2D eigenvalue weighted by Gasteiger charge is 2.31. The van der Waals surface area contributed by atoms with Crippen molar-refractivity contribution in [2.75, 3.05) is 55.8 Å². The first-order valence-electron chi connectivity index (χ1n) is 21.1. The van der Waals surface area contributed by atoms with Crippen LogP contribution in [-0.2, 0) is 44.1 Å². The van der Waals surface area contributed by atoms with Crippen molar-refractivity contribution in [1.82, 2.24) is 34.8 Å². The molecule has 6 aromatic rings. The van der Waals surface area contributed by atoms with E-state index in [1.807, 2.05) is 48.7 Å². The number of nitrogens with zero attached hydrogens (tertiary/aromatic N) is 5. The number of amides is 3. The Labute approximate surface area is 380 Å². The van der Waals surface area contributed by atoms with Crippen molar-refractivity contribution < 1.29 is 38.1 Å². The van der Waals surface area contributed by atoms with Crippen LogP contribution in [0.5, 0.6) is 17.2 Å². The topological polar surface area (TPSA) is 213 Å². The molecule has 3 aromatic carbocycles. The Kier molecular flexibility index (Phi) is 17.3. The van der Waals surface area contributed by atoms with Crippen LogP contribution in [0.2, 0.25) is 0 Å². The molecular weight excluding hydrogens is 855 g/mol. The first-order valence-corrected chi connectivity index (χ1v) is 22.0. The fraction of sp³-hybridized carbons (Fsp3) is 0.326. The van der Waals surface area contributed by atoms with Crippen molar-refractivity contribution in [3.8, 4) is 28.4 Å². The average molecular weight is 908 g/mol. The van der Waals surface area contributed by atoms with Crippen LogP contribution < -0.4 is 30.4 Å². The highest BCUT2D eigenvalue weighted by molar-refractivity contribution is 8.00. The van der Waals surface area contributed by atoms with Crippen LogP contribution >= 0.6 is 11.9 Å². The first kappa shape index (κ1) is 47.5. The maximum atomic E-state index is 13.6.